The van der Waals surface area contributed by atoms with E-state index in [1.165, 1.54) is 17.7 Å². The first-order valence-corrected chi connectivity index (χ1v) is 5.87. The van der Waals surface area contributed by atoms with E-state index in [2.05, 4.69) is 55.0 Å². The summed E-state index contributed by atoms with van der Waals surface area (Å²) in [6.45, 7) is 9.14. The minimum Gasteiger partial charge on any atom is -0.371 e. The van der Waals surface area contributed by atoms with Gasteiger partial charge in [0.05, 0.1) is 0 Å². The molecule has 0 unspecified atom stereocenters. The average molecular weight is 218 g/mol. The molecule has 0 aliphatic carbocycles. The van der Waals surface area contributed by atoms with Gasteiger partial charge in [0.25, 0.3) is 0 Å². The molecule has 0 fully saturated rings. The Bertz CT molecular complexity index is 306. The van der Waals surface area contributed by atoms with Gasteiger partial charge in [-0.25, -0.2) is 0 Å². The second kappa shape index (κ2) is 7.07. The Kier molecular flexibility index (Phi) is 5.65. The van der Waals surface area contributed by atoms with Crippen LogP contribution in [0.25, 0.3) is 0 Å². The largest absolute Gasteiger partial charge is 0.371 e. The molecule has 0 spiro atoms. The Morgan fingerprint density at radius 3 is 2.62 bits per heavy atom. The summed E-state index contributed by atoms with van der Waals surface area (Å²) in [7, 11) is 2.10. The van der Waals surface area contributed by atoms with Gasteiger partial charge in [-0.15, -0.1) is 0 Å². The second-order valence-corrected chi connectivity index (χ2v) is 4.12. The van der Waals surface area contributed by atoms with Crippen molar-refractivity contribution in [2.75, 3.05) is 31.6 Å². The molecule has 1 aromatic rings. The molecular formula is C14H22N2. The van der Waals surface area contributed by atoms with Crippen LogP contribution < -0.4 is 10.2 Å². The third kappa shape index (κ3) is 4.49. The van der Waals surface area contributed by atoms with Crippen molar-refractivity contribution in [1.29, 1.82) is 0 Å². The van der Waals surface area contributed by atoms with Crippen molar-refractivity contribution in [1.82, 2.24) is 5.32 Å². The van der Waals surface area contributed by atoms with Crippen LogP contribution in [-0.2, 0) is 0 Å². The van der Waals surface area contributed by atoms with Crippen molar-refractivity contribution in [2.45, 2.75) is 13.3 Å². The summed E-state index contributed by atoms with van der Waals surface area (Å²) in [4.78, 5) is 2.22. The van der Waals surface area contributed by atoms with E-state index >= 15 is 0 Å². The van der Waals surface area contributed by atoms with E-state index in [-0.39, 0.29) is 0 Å². The molecule has 1 N–H and O–H groups in total. The van der Waals surface area contributed by atoms with Crippen LogP contribution in [0.3, 0.4) is 0 Å². The van der Waals surface area contributed by atoms with Crippen LogP contribution >= 0.6 is 0 Å². The zero-order chi connectivity index (χ0) is 11.8. The molecule has 2 heteroatoms. The number of hydrogen-bond donors (Lipinski definition) is 1. The first-order chi connectivity index (χ1) is 7.74. The molecule has 0 bridgehead atoms. The van der Waals surface area contributed by atoms with Gasteiger partial charge in [0, 0.05) is 25.8 Å². The first-order valence-electron chi connectivity index (χ1n) is 5.87. The van der Waals surface area contributed by atoms with Gasteiger partial charge >= 0.3 is 0 Å². The standard InChI is InChI=1S/C14H22N2/c1-4-10-15-11-13(2)12-16(3)14-8-6-5-7-9-14/h5-9,15H,2,4,10-12H2,1,3H3. The van der Waals surface area contributed by atoms with Crippen molar-refractivity contribution in [3.63, 3.8) is 0 Å². The maximum atomic E-state index is 4.09. The molecule has 2 nitrogen and oxygen atoms in total. The van der Waals surface area contributed by atoms with Crippen LogP contribution in [0.2, 0.25) is 0 Å². The lowest BCUT2D eigenvalue weighted by Gasteiger charge is -2.20. The maximum absolute atomic E-state index is 4.09. The molecule has 0 amide bonds. The minimum absolute atomic E-state index is 0.903. The summed E-state index contributed by atoms with van der Waals surface area (Å²) in [5, 5.41) is 3.37. The van der Waals surface area contributed by atoms with Gasteiger partial charge in [0.2, 0.25) is 0 Å². The van der Waals surface area contributed by atoms with Crippen molar-refractivity contribution in [3.05, 3.63) is 42.5 Å². The van der Waals surface area contributed by atoms with Gasteiger partial charge < -0.3 is 10.2 Å². The van der Waals surface area contributed by atoms with Gasteiger partial charge in [0.1, 0.15) is 0 Å². The molecule has 88 valence electrons. The number of hydrogen-bond acceptors (Lipinski definition) is 2. The SMILES string of the molecule is C=C(CNCCC)CN(C)c1ccccc1. The fraction of sp³-hybridized carbons (Fsp3) is 0.429. The summed E-state index contributed by atoms with van der Waals surface area (Å²) in [6, 6.07) is 10.4. The van der Waals surface area contributed by atoms with Crippen LogP contribution in [0.15, 0.2) is 42.5 Å². The Hall–Kier alpha value is -1.28. The Morgan fingerprint density at radius 1 is 1.31 bits per heavy atom. The molecule has 0 atom stereocenters. The molecule has 16 heavy (non-hydrogen) atoms. The van der Waals surface area contributed by atoms with E-state index in [1.807, 2.05) is 6.07 Å². The third-order valence-corrected chi connectivity index (χ3v) is 2.46. The van der Waals surface area contributed by atoms with E-state index in [1.54, 1.807) is 0 Å². The highest BCUT2D eigenvalue weighted by Gasteiger charge is 2.01. The predicted molar refractivity (Wildman–Crippen MR) is 72.0 cm³/mol. The molecule has 0 radical (unpaired) electrons. The molecule has 0 saturated carbocycles. The number of para-hydroxylation sites is 1. The third-order valence-electron chi connectivity index (χ3n) is 2.46. The van der Waals surface area contributed by atoms with Gasteiger partial charge in [0.15, 0.2) is 0 Å². The lowest BCUT2D eigenvalue weighted by molar-refractivity contribution is 0.705. The smallest absolute Gasteiger partial charge is 0.0395 e. The summed E-state index contributed by atoms with van der Waals surface area (Å²) >= 11 is 0. The number of benzene rings is 1. The summed E-state index contributed by atoms with van der Waals surface area (Å²) in [5.41, 5.74) is 2.46. The Labute approximate surface area is 99.0 Å². The van der Waals surface area contributed by atoms with Crippen LogP contribution in [0.4, 0.5) is 5.69 Å². The fourth-order valence-corrected chi connectivity index (χ4v) is 1.61. The van der Waals surface area contributed by atoms with Crippen LogP contribution in [0.5, 0.6) is 0 Å². The van der Waals surface area contributed by atoms with E-state index in [4.69, 9.17) is 0 Å². The zero-order valence-corrected chi connectivity index (χ0v) is 10.4. The average Bonchev–Trinajstić information content (AvgIpc) is 2.30. The van der Waals surface area contributed by atoms with E-state index in [0.717, 1.165) is 19.6 Å². The minimum atomic E-state index is 0.903. The summed E-state index contributed by atoms with van der Waals surface area (Å²) < 4.78 is 0. The molecular weight excluding hydrogens is 196 g/mol. The molecule has 1 aromatic carbocycles. The molecule has 1 rings (SSSR count). The van der Waals surface area contributed by atoms with Crippen LogP contribution in [0, 0.1) is 0 Å². The van der Waals surface area contributed by atoms with E-state index < -0.39 is 0 Å². The van der Waals surface area contributed by atoms with Gasteiger partial charge in [-0.1, -0.05) is 31.7 Å². The summed E-state index contributed by atoms with van der Waals surface area (Å²) in [6.07, 6.45) is 1.17. The summed E-state index contributed by atoms with van der Waals surface area (Å²) in [5.74, 6) is 0. The molecule has 0 aliphatic heterocycles. The maximum Gasteiger partial charge on any atom is 0.0395 e. The highest BCUT2D eigenvalue weighted by molar-refractivity contribution is 5.46. The molecule has 0 saturated heterocycles. The fourth-order valence-electron chi connectivity index (χ4n) is 1.61. The van der Waals surface area contributed by atoms with Crippen LogP contribution in [0.1, 0.15) is 13.3 Å². The normalized spacial score (nSPS) is 10.1. The van der Waals surface area contributed by atoms with Crippen molar-refractivity contribution in [3.8, 4) is 0 Å². The van der Waals surface area contributed by atoms with E-state index in [0.29, 0.717) is 0 Å². The molecule has 0 heterocycles. The second-order valence-electron chi connectivity index (χ2n) is 4.12. The lowest BCUT2D eigenvalue weighted by Crippen LogP contribution is -2.26. The van der Waals surface area contributed by atoms with Gasteiger partial charge in [-0.3, -0.25) is 0 Å². The predicted octanol–water partition coefficient (Wildman–Crippen LogP) is 2.68. The van der Waals surface area contributed by atoms with Gasteiger partial charge in [-0.05, 0) is 30.7 Å². The highest BCUT2D eigenvalue weighted by atomic mass is 15.1. The number of rotatable bonds is 7. The zero-order valence-electron chi connectivity index (χ0n) is 10.4. The van der Waals surface area contributed by atoms with Crippen molar-refractivity contribution in [2.24, 2.45) is 0 Å². The highest BCUT2D eigenvalue weighted by Crippen LogP contribution is 2.11. The molecule has 0 aromatic heterocycles. The van der Waals surface area contributed by atoms with E-state index in [9.17, 15) is 0 Å². The monoisotopic (exact) mass is 218 g/mol. The Balaban J connectivity index is 2.34. The molecule has 0 aliphatic rings. The number of nitrogens with one attached hydrogen (secondary N) is 1. The Morgan fingerprint density at radius 2 is 2.00 bits per heavy atom. The van der Waals surface area contributed by atoms with Gasteiger partial charge in [-0.2, -0.15) is 0 Å². The topological polar surface area (TPSA) is 15.3 Å². The first kappa shape index (κ1) is 12.8. The number of nitrogens with zero attached hydrogens (tertiary/aromatic N) is 1. The number of anilines is 1. The van der Waals surface area contributed by atoms with Crippen molar-refractivity contribution >= 4 is 5.69 Å². The quantitative estimate of drug-likeness (QED) is 0.559. The van der Waals surface area contributed by atoms with Crippen molar-refractivity contribution < 1.29 is 0 Å². The van der Waals surface area contributed by atoms with Crippen LogP contribution in [-0.4, -0.2) is 26.7 Å². The number of likely N-dealkylation sites (N-methyl/N-ethyl adjacent to an activating group) is 1. The lowest BCUT2D eigenvalue weighted by atomic mass is 10.2.